The van der Waals surface area contributed by atoms with E-state index in [0.717, 1.165) is 22.3 Å². The fourth-order valence-electron chi connectivity index (χ4n) is 3.20. The topological polar surface area (TPSA) is 20.3 Å². The second-order valence-corrected chi connectivity index (χ2v) is 7.92. The van der Waals surface area contributed by atoms with Crippen LogP contribution in [-0.4, -0.2) is 17.4 Å². The lowest BCUT2D eigenvalue weighted by Crippen LogP contribution is -2.43. The summed E-state index contributed by atoms with van der Waals surface area (Å²) in [6.07, 6.45) is 0. The van der Waals surface area contributed by atoms with E-state index in [1.54, 1.807) is 12.1 Å². The van der Waals surface area contributed by atoms with Crippen LogP contribution in [0.4, 0.5) is 0 Å². The number of carbonyl (C=O) groups is 1. The second kappa shape index (κ2) is 6.68. The number of hydrogen-bond donors (Lipinski definition) is 0. The first-order valence-corrected chi connectivity index (χ1v) is 9.09. The van der Waals surface area contributed by atoms with Crippen molar-refractivity contribution >= 4 is 46.3 Å². The summed E-state index contributed by atoms with van der Waals surface area (Å²) in [6, 6.07) is 13.3. The van der Waals surface area contributed by atoms with Gasteiger partial charge in [0.05, 0.1) is 20.6 Å². The molecular formula is C20H18Cl3NO. The molecule has 2 aromatic rings. The largest absolute Gasteiger partial charge is 0.325 e. The predicted molar refractivity (Wildman–Crippen MR) is 105 cm³/mol. The van der Waals surface area contributed by atoms with Gasteiger partial charge in [0.1, 0.15) is 0 Å². The molecule has 0 bridgehead atoms. The highest BCUT2D eigenvalue weighted by molar-refractivity contribution is 6.48. The second-order valence-electron chi connectivity index (χ2n) is 6.73. The molecule has 25 heavy (non-hydrogen) atoms. The van der Waals surface area contributed by atoms with E-state index >= 15 is 0 Å². The summed E-state index contributed by atoms with van der Waals surface area (Å²) in [5, 5.41) is 1.10. The maximum atomic E-state index is 13.1. The van der Waals surface area contributed by atoms with E-state index < -0.39 is 5.54 Å². The number of nitrogens with zero attached hydrogens (tertiary/aromatic N) is 1. The fraction of sp³-hybridized carbons (Fsp3) is 0.250. The van der Waals surface area contributed by atoms with E-state index in [1.165, 1.54) is 0 Å². The van der Waals surface area contributed by atoms with Crippen molar-refractivity contribution in [2.75, 3.05) is 6.54 Å². The molecular weight excluding hydrogens is 377 g/mol. The van der Waals surface area contributed by atoms with Gasteiger partial charge in [-0.25, -0.2) is 0 Å². The van der Waals surface area contributed by atoms with Crippen molar-refractivity contribution in [1.29, 1.82) is 0 Å². The van der Waals surface area contributed by atoms with Crippen LogP contribution in [0.3, 0.4) is 0 Å². The molecule has 1 heterocycles. The Labute approximate surface area is 163 Å². The van der Waals surface area contributed by atoms with Gasteiger partial charge in [-0.05, 0) is 49.6 Å². The molecule has 0 saturated heterocycles. The van der Waals surface area contributed by atoms with Crippen molar-refractivity contribution in [2.24, 2.45) is 0 Å². The minimum absolute atomic E-state index is 0.0101. The van der Waals surface area contributed by atoms with E-state index in [2.05, 4.69) is 0 Å². The van der Waals surface area contributed by atoms with Gasteiger partial charge in [-0.15, -0.1) is 0 Å². The van der Waals surface area contributed by atoms with Crippen LogP contribution in [0.2, 0.25) is 15.1 Å². The molecule has 0 aromatic heterocycles. The highest BCUT2D eigenvalue weighted by Gasteiger charge is 2.39. The van der Waals surface area contributed by atoms with Gasteiger partial charge < -0.3 is 4.90 Å². The molecule has 5 heteroatoms. The summed E-state index contributed by atoms with van der Waals surface area (Å²) in [6.45, 7) is 6.54. The Morgan fingerprint density at radius 2 is 1.56 bits per heavy atom. The average Bonchev–Trinajstić information content (AvgIpc) is 2.88. The summed E-state index contributed by atoms with van der Waals surface area (Å²) >= 11 is 18.4. The fourth-order valence-corrected chi connectivity index (χ4v) is 3.79. The Bertz CT molecular complexity index is 849. The van der Waals surface area contributed by atoms with Crippen molar-refractivity contribution in [2.45, 2.75) is 26.3 Å². The number of hydrogen-bond acceptors (Lipinski definition) is 1. The normalized spacial score (nSPS) is 15.3. The van der Waals surface area contributed by atoms with Crippen LogP contribution in [0.15, 0.2) is 48.0 Å². The molecule has 2 aromatic carbocycles. The van der Waals surface area contributed by atoms with Gasteiger partial charge >= 0.3 is 0 Å². The number of carbonyl (C=O) groups excluding carboxylic acids is 1. The zero-order valence-corrected chi connectivity index (χ0v) is 16.5. The van der Waals surface area contributed by atoms with Crippen LogP contribution >= 0.6 is 34.8 Å². The Morgan fingerprint density at radius 1 is 1.00 bits per heavy atom. The zero-order valence-electron chi connectivity index (χ0n) is 14.2. The molecule has 0 aliphatic carbocycles. The molecule has 3 rings (SSSR count). The van der Waals surface area contributed by atoms with Gasteiger partial charge in [0, 0.05) is 12.1 Å². The van der Waals surface area contributed by atoms with Crippen molar-refractivity contribution in [3.63, 3.8) is 0 Å². The standard InChI is InChI=1S/C20H18Cl3NO/c1-12-11-24(19(25)17(12)13-7-5-4-6-8-13)20(2,3)14-9-15(21)18(23)16(22)10-14/h4-10H,11H2,1-3H3. The number of benzene rings is 2. The van der Waals surface area contributed by atoms with E-state index in [0.29, 0.717) is 21.6 Å². The van der Waals surface area contributed by atoms with E-state index in [9.17, 15) is 4.79 Å². The van der Waals surface area contributed by atoms with Crippen molar-refractivity contribution in [3.8, 4) is 0 Å². The van der Waals surface area contributed by atoms with Crippen LogP contribution in [0, 0.1) is 0 Å². The highest BCUT2D eigenvalue weighted by atomic mass is 35.5. The summed E-state index contributed by atoms with van der Waals surface area (Å²) in [5.74, 6) is 0.0101. The molecule has 130 valence electrons. The number of rotatable bonds is 3. The predicted octanol–water partition coefficient (Wildman–Crippen LogP) is 6.20. The van der Waals surface area contributed by atoms with Gasteiger partial charge in [0.15, 0.2) is 0 Å². The van der Waals surface area contributed by atoms with Crippen LogP contribution in [-0.2, 0) is 10.3 Å². The maximum absolute atomic E-state index is 13.1. The van der Waals surface area contributed by atoms with Crippen molar-refractivity contribution in [1.82, 2.24) is 4.90 Å². The third kappa shape index (κ3) is 3.19. The van der Waals surface area contributed by atoms with Gasteiger partial charge in [-0.3, -0.25) is 4.79 Å². The maximum Gasteiger partial charge on any atom is 0.255 e. The lowest BCUT2D eigenvalue weighted by atomic mass is 9.92. The Balaban J connectivity index is 1.99. The first-order valence-electron chi connectivity index (χ1n) is 7.95. The van der Waals surface area contributed by atoms with E-state index in [-0.39, 0.29) is 5.91 Å². The molecule has 0 fully saturated rings. The van der Waals surface area contributed by atoms with Gasteiger partial charge in [0.25, 0.3) is 5.91 Å². The average molecular weight is 395 g/mol. The van der Waals surface area contributed by atoms with Gasteiger partial charge in [0.2, 0.25) is 0 Å². The molecule has 0 unspecified atom stereocenters. The molecule has 0 radical (unpaired) electrons. The minimum Gasteiger partial charge on any atom is -0.325 e. The molecule has 1 aliphatic heterocycles. The molecule has 0 N–H and O–H groups in total. The van der Waals surface area contributed by atoms with Crippen LogP contribution in [0.25, 0.3) is 5.57 Å². The molecule has 0 spiro atoms. The summed E-state index contributed by atoms with van der Waals surface area (Å²) in [4.78, 5) is 15.0. The summed E-state index contributed by atoms with van der Waals surface area (Å²) < 4.78 is 0. The minimum atomic E-state index is -0.577. The van der Waals surface area contributed by atoms with Crippen LogP contribution in [0.1, 0.15) is 31.9 Å². The van der Waals surface area contributed by atoms with Crippen LogP contribution < -0.4 is 0 Å². The smallest absolute Gasteiger partial charge is 0.255 e. The molecule has 1 amide bonds. The van der Waals surface area contributed by atoms with E-state index in [4.69, 9.17) is 34.8 Å². The zero-order chi connectivity index (χ0) is 18.4. The van der Waals surface area contributed by atoms with Crippen molar-refractivity contribution in [3.05, 3.63) is 74.2 Å². The van der Waals surface area contributed by atoms with Gasteiger partial charge in [-0.2, -0.15) is 0 Å². The number of halogens is 3. The third-order valence-electron chi connectivity index (χ3n) is 4.71. The molecule has 2 nitrogen and oxygen atoms in total. The molecule has 0 saturated carbocycles. The monoisotopic (exact) mass is 393 g/mol. The third-order valence-corrected chi connectivity index (χ3v) is 5.91. The Kier molecular flexibility index (Phi) is 4.89. The van der Waals surface area contributed by atoms with E-state index in [1.807, 2.05) is 56.0 Å². The summed E-state index contributed by atoms with van der Waals surface area (Å²) in [7, 11) is 0. The van der Waals surface area contributed by atoms with Crippen LogP contribution in [0.5, 0.6) is 0 Å². The summed E-state index contributed by atoms with van der Waals surface area (Å²) in [5.41, 5.74) is 3.03. The quantitative estimate of drug-likeness (QED) is 0.568. The SMILES string of the molecule is CC1=C(c2ccccc2)C(=O)N(C(C)(C)c2cc(Cl)c(Cl)c(Cl)c2)C1. The van der Waals surface area contributed by atoms with Gasteiger partial charge in [-0.1, -0.05) is 65.1 Å². The van der Waals surface area contributed by atoms with Crippen molar-refractivity contribution < 1.29 is 4.79 Å². The highest BCUT2D eigenvalue weighted by Crippen LogP contribution is 2.41. The Morgan fingerprint density at radius 3 is 2.12 bits per heavy atom. The molecule has 1 aliphatic rings. The first-order chi connectivity index (χ1) is 11.7. The first kappa shape index (κ1) is 18.3. The lowest BCUT2D eigenvalue weighted by Gasteiger charge is -2.37. The number of amides is 1. The lowest BCUT2D eigenvalue weighted by molar-refractivity contribution is -0.128. The molecule has 0 atom stereocenters. The Hall–Kier alpha value is -1.48.